The topological polar surface area (TPSA) is 99.0 Å². The van der Waals surface area contributed by atoms with E-state index in [-0.39, 0.29) is 13.0 Å². The molecule has 0 saturated carbocycles. The molecule has 0 radical (unpaired) electrons. The molecule has 0 aliphatic carbocycles. The molecular weight excluding hydrogens is 552 g/mol. The Morgan fingerprint density at radius 2 is 1.74 bits per heavy atom. The van der Waals surface area contributed by atoms with Gasteiger partial charge >= 0.3 is 6.09 Å². The van der Waals surface area contributed by atoms with Crippen molar-refractivity contribution in [3.63, 3.8) is 0 Å². The maximum Gasteiger partial charge on any atom is 0.416 e. The molecule has 8 nitrogen and oxygen atoms in total. The molecule has 0 unspecified atom stereocenters. The summed E-state index contributed by atoms with van der Waals surface area (Å²) in [7, 11) is 0. The highest BCUT2D eigenvalue weighted by molar-refractivity contribution is 7.13. The second kappa shape index (κ2) is 13.0. The van der Waals surface area contributed by atoms with Crippen molar-refractivity contribution in [2.45, 2.75) is 45.3 Å². The second-order valence-corrected chi connectivity index (χ2v) is 11.6. The van der Waals surface area contributed by atoms with Crippen LogP contribution in [-0.2, 0) is 22.6 Å². The Morgan fingerprint density at radius 1 is 1.02 bits per heavy atom. The Bertz CT molecular complexity index is 1560. The van der Waals surface area contributed by atoms with Gasteiger partial charge in [-0.3, -0.25) is 14.9 Å². The fourth-order valence-corrected chi connectivity index (χ4v) is 6.37. The Labute approximate surface area is 248 Å². The van der Waals surface area contributed by atoms with Gasteiger partial charge in [0, 0.05) is 16.2 Å². The van der Waals surface area contributed by atoms with E-state index in [9.17, 15) is 19.7 Å². The monoisotopic (exact) mass is 584 g/mol. The lowest BCUT2D eigenvalue weighted by molar-refractivity contribution is -0.483. The average Bonchev–Trinajstić information content (AvgIpc) is 3.58. The third kappa shape index (κ3) is 6.86. The zero-order valence-electron chi connectivity index (χ0n) is 23.5. The van der Waals surface area contributed by atoms with Crippen LogP contribution >= 0.6 is 11.3 Å². The van der Waals surface area contributed by atoms with Crippen LogP contribution in [0.25, 0.3) is 11.1 Å². The first-order valence-electron chi connectivity index (χ1n) is 13.8. The lowest BCUT2D eigenvalue weighted by Crippen LogP contribution is -2.41. The minimum atomic E-state index is -0.709. The number of aryl methyl sites for hydroxylation is 2. The predicted molar refractivity (Wildman–Crippen MR) is 161 cm³/mol. The van der Waals surface area contributed by atoms with E-state index in [2.05, 4.69) is 44.2 Å². The van der Waals surface area contributed by atoms with Gasteiger partial charge in [-0.15, -0.1) is 11.3 Å². The van der Waals surface area contributed by atoms with Gasteiger partial charge in [0.15, 0.2) is 5.06 Å². The fraction of sp³-hybridized carbons (Fsp3) is 0.273. The molecule has 2 heterocycles. The fourth-order valence-electron chi connectivity index (χ4n) is 5.42. The Balaban J connectivity index is 1.26. The number of rotatable bonds is 11. The Morgan fingerprint density at radius 3 is 2.48 bits per heavy atom. The maximum atomic E-state index is 13.3. The molecule has 4 aromatic rings. The lowest BCUT2D eigenvalue weighted by Gasteiger charge is -2.21. The summed E-state index contributed by atoms with van der Waals surface area (Å²) >= 11 is 1.28. The van der Waals surface area contributed by atoms with Crippen molar-refractivity contribution in [1.29, 1.82) is 0 Å². The minimum absolute atomic E-state index is 0.0982. The number of carbonyl (C=O) groups is 2. The van der Waals surface area contributed by atoms with Gasteiger partial charge in [0.1, 0.15) is 13.2 Å². The number of hydrogen-bond acceptors (Lipinski definition) is 7. The van der Waals surface area contributed by atoms with Gasteiger partial charge in [-0.05, 0) is 71.8 Å². The number of imide groups is 1. The van der Waals surface area contributed by atoms with Gasteiger partial charge in [0.25, 0.3) is 0 Å². The molecule has 1 aliphatic heterocycles. The minimum Gasteiger partial charge on any atom is -0.479 e. The first-order valence-corrected chi connectivity index (χ1v) is 14.6. The molecule has 0 N–H and O–H groups in total. The molecule has 9 heteroatoms. The van der Waals surface area contributed by atoms with E-state index in [0.717, 1.165) is 21.6 Å². The van der Waals surface area contributed by atoms with Gasteiger partial charge in [-0.25, -0.2) is 9.69 Å². The molecule has 1 aromatic heterocycles. The van der Waals surface area contributed by atoms with Crippen molar-refractivity contribution in [3.05, 3.63) is 122 Å². The summed E-state index contributed by atoms with van der Waals surface area (Å²) in [4.78, 5) is 38.7. The van der Waals surface area contributed by atoms with Gasteiger partial charge in [-0.1, -0.05) is 66.7 Å². The molecule has 1 saturated heterocycles. The van der Waals surface area contributed by atoms with Crippen molar-refractivity contribution in [3.8, 4) is 16.2 Å². The number of hydrogen-bond donors (Lipinski definition) is 0. The number of cyclic esters (lactones) is 1. The average molecular weight is 585 g/mol. The first kappa shape index (κ1) is 29.0. The molecule has 5 rings (SSSR count). The maximum absolute atomic E-state index is 13.3. The van der Waals surface area contributed by atoms with Crippen LogP contribution < -0.4 is 4.74 Å². The number of thiophene rings is 1. The number of nitrogens with zero attached hydrogens (tertiary/aromatic N) is 2. The number of nitro groups is 1. The number of amides is 2. The van der Waals surface area contributed by atoms with E-state index in [0.29, 0.717) is 23.0 Å². The zero-order valence-corrected chi connectivity index (χ0v) is 24.3. The normalized spacial score (nSPS) is 15.3. The quantitative estimate of drug-likeness (QED) is 0.140. The summed E-state index contributed by atoms with van der Waals surface area (Å²) in [6.07, 6.45) is -0.432. The highest BCUT2D eigenvalue weighted by Gasteiger charge is 2.39. The van der Waals surface area contributed by atoms with Crippen molar-refractivity contribution < 1.29 is 24.0 Å². The molecule has 0 spiro atoms. The highest BCUT2D eigenvalue weighted by Crippen LogP contribution is 2.34. The van der Waals surface area contributed by atoms with Crippen LogP contribution in [0, 0.1) is 24.0 Å². The van der Waals surface area contributed by atoms with Crippen molar-refractivity contribution in [2.75, 3.05) is 13.2 Å². The van der Waals surface area contributed by atoms with Gasteiger partial charge in [0.05, 0.1) is 12.0 Å². The van der Waals surface area contributed by atoms with E-state index in [4.69, 9.17) is 9.47 Å². The van der Waals surface area contributed by atoms with Crippen molar-refractivity contribution in [2.24, 2.45) is 0 Å². The number of carbonyl (C=O) groups excluding carboxylic acids is 2. The molecule has 3 aromatic carbocycles. The molecule has 216 valence electrons. The van der Waals surface area contributed by atoms with E-state index < -0.39 is 35.4 Å². The highest BCUT2D eigenvalue weighted by atomic mass is 32.1. The van der Waals surface area contributed by atoms with Crippen LogP contribution in [0.3, 0.4) is 0 Å². The Hall–Kier alpha value is -4.50. The van der Waals surface area contributed by atoms with E-state index in [1.807, 2.05) is 42.5 Å². The van der Waals surface area contributed by atoms with Crippen LogP contribution in [0.15, 0.2) is 84.9 Å². The molecule has 2 atom stereocenters. The molecule has 2 amide bonds. The smallest absolute Gasteiger partial charge is 0.416 e. The summed E-state index contributed by atoms with van der Waals surface area (Å²) in [6, 6.07) is 27.1. The molecule has 1 fully saturated rings. The standard InChI is InChI=1S/C33H32N2O6S/c1-22-8-6-9-23(2)32(22)26-13-7-12-25(16-26)20-40-31-15-14-29(42-31)27(19-34(38)39)18-30(36)35-28(21-41-33(35)37)17-24-10-4-3-5-11-24/h3-16,27-28H,17-21H2,1-2H3/t27-,28+/m1/s1. The number of ether oxygens (including phenoxy) is 2. The van der Waals surface area contributed by atoms with Crippen LogP contribution in [0.5, 0.6) is 5.06 Å². The molecule has 1 aliphatic rings. The van der Waals surface area contributed by atoms with Crippen LogP contribution in [0.1, 0.15) is 39.5 Å². The molecule has 0 bridgehead atoms. The van der Waals surface area contributed by atoms with Crippen LogP contribution in [0.2, 0.25) is 0 Å². The van der Waals surface area contributed by atoms with Crippen molar-refractivity contribution in [1.82, 2.24) is 4.90 Å². The van der Waals surface area contributed by atoms with Crippen LogP contribution in [0.4, 0.5) is 4.79 Å². The van der Waals surface area contributed by atoms with Crippen LogP contribution in [-0.4, -0.2) is 41.0 Å². The zero-order chi connectivity index (χ0) is 29.6. The largest absolute Gasteiger partial charge is 0.479 e. The summed E-state index contributed by atoms with van der Waals surface area (Å²) in [5, 5.41) is 12.1. The van der Waals surface area contributed by atoms with Crippen molar-refractivity contribution >= 4 is 23.3 Å². The Kier molecular flexibility index (Phi) is 8.97. The van der Waals surface area contributed by atoms with E-state index >= 15 is 0 Å². The van der Waals surface area contributed by atoms with E-state index in [1.165, 1.54) is 28.0 Å². The van der Waals surface area contributed by atoms with E-state index in [1.54, 1.807) is 12.1 Å². The van der Waals surface area contributed by atoms with Gasteiger partial charge < -0.3 is 9.47 Å². The molecular formula is C33H32N2O6S. The first-order chi connectivity index (χ1) is 20.3. The van der Waals surface area contributed by atoms with Gasteiger partial charge in [-0.2, -0.15) is 0 Å². The molecule has 42 heavy (non-hydrogen) atoms. The summed E-state index contributed by atoms with van der Waals surface area (Å²) in [5.74, 6) is -1.18. The summed E-state index contributed by atoms with van der Waals surface area (Å²) in [6.45, 7) is 4.19. The summed E-state index contributed by atoms with van der Waals surface area (Å²) in [5.41, 5.74) is 6.71. The third-order valence-electron chi connectivity index (χ3n) is 7.42. The number of benzene rings is 3. The third-order valence-corrected chi connectivity index (χ3v) is 8.58. The second-order valence-electron chi connectivity index (χ2n) is 10.5. The predicted octanol–water partition coefficient (Wildman–Crippen LogP) is 6.95. The SMILES string of the molecule is Cc1cccc(C)c1-c1cccc(COc2ccc([C@H](CC(=O)N3C(=O)OC[C@@H]3Cc3ccccc3)C[N+](=O)[O-])s2)c1. The lowest BCUT2D eigenvalue weighted by atomic mass is 9.95. The summed E-state index contributed by atoms with van der Waals surface area (Å²) < 4.78 is 11.2. The van der Waals surface area contributed by atoms with Gasteiger partial charge in [0.2, 0.25) is 12.5 Å².